The second-order valence-electron chi connectivity index (χ2n) is 5.04. The predicted molar refractivity (Wildman–Crippen MR) is 76.1 cm³/mol. The van der Waals surface area contributed by atoms with Crippen molar-refractivity contribution >= 4 is 11.6 Å². The first kappa shape index (κ1) is 13.9. The van der Waals surface area contributed by atoms with Crippen LogP contribution in [0.4, 0.5) is 5.69 Å². The third-order valence-corrected chi connectivity index (χ3v) is 3.57. The van der Waals surface area contributed by atoms with Crippen LogP contribution in [0.2, 0.25) is 0 Å². The van der Waals surface area contributed by atoms with Gasteiger partial charge in [-0.3, -0.25) is 4.79 Å². The molecular formula is C15H22N2O2. The van der Waals surface area contributed by atoms with E-state index in [1.54, 1.807) is 6.07 Å². The van der Waals surface area contributed by atoms with Gasteiger partial charge in [-0.1, -0.05) is 11.6 Å². The number of anilines is 1. The molecule has 0 spiro atoms. The largest absolute Gasteiger partial charge is 0.398 e. The standard InChI is InChI=1S/C15H22N2O2/c1-3-19-12-6-8-17(9-7-12)15(18)13-10-11(2)4-5-14(13)16/h4-5,10,12H,3,6-9,16H2,1-2H3. The van der Waals surface area contributed by atoms with Gasteiger partial charge in [-0.15, -0.1) is 0 Å². The zero-order valence-corrected chi connectivity index (χ0v) is 11.7. The van der Waals surface area contributed by atoms with E-state index in [2.05, 4.69) is 0 Å². The van der Waals surface area contributed by atoms with Gasteiger partial charge in [0.1, 0.15) is 0 Å². The van der Waals surface area contributed by atoms with Gasteiger partial charge in [-0.25, -0.2) is 0 Å². The normalized spacial score (nSPS) is 16.6. The molecule has 0 radical (unpaired) electrons. The summed E-state index contributed by atoms with van der Waals surface area (Å²) < 4.78 is 5.60. The van der Waals surface area contributed by atoms with Crippen molar-refractivity contribution in [3.8, 4) is 0 Å². The van der Waals surface area contributed by atoms with Gasteiger partial charge < -0.3 is 15.4 Å². The molecule has 1 amide bonds. The second-order valence-corrected chi connectivity index (χ2v) is 5.04. The van der Waals surface area contributed by atoms with E-state index in [-0.39, 0.29) is 5.91 Å². The Morgan fingerprint density at radius 3 is 2.74 bits per heavy atom. The lowest BCUT2D eigenvalue weighted by Crippen LogP contribution is -2.41. The number of piperidine rings is 1. The number of hydrogen-bond acceptors (Lipinski definition) is 3. The van der Waals surface area contributed by atoms with Crippen LogP contribution in [-0.2, 0) is 4.74 Å². The molecule has 4 nitrogen and oxygen atoms in total. The Morgan fingerprint density at radius 2 is 2.11 bits per heavy atom. The van der Waals surface area contributed by atoms with Crippen LogP contribution in [0, 0.1) is 6.92 Å². The van der Waals surface area contributed by atoms with Crippen LogP contribution in [0.1, 0.15) is 35.7 Å². The van der Waals surface area contributed by atoms with E-state index < -0.39 is 0 Å². The van der Waals surface area contributed by atoms with Crippen LogP contribution in [0.5, 0.6) is 0 Å². The van der Waals surface area contributed by atoms with Crippen molar-refractivity contribution in [1.82, 2.24) is 4.90 Å². The molecule has 19 heavy (non-hydrogen) atoms. The Kier molecular flexibility index (Phi) is 4.43. The maximum Gasteiger partial charge on any atom is 0.255 e. The lowest BCUT2D eigenvalue weighted by molar-refractivity contribution is 0.0146. The molecule has 1 saturated heterocycles. The summed E-state index contributed by atoms with van der Waals surface area (Å²) in [5.41, 5.74) is 8.14. The lowest BCUT2D eigenvalue weighted by atomic mass is 10.0. The monoisotopic (exact) mass is 262 g/mol. The van der Waals surface area contributed by atoms with Gasteiger partial charge in [0.25, 0.3) is 5.91 Å². The number of nitrogens with zero attached hydrogens (tertiary/aromatic N) is 1. The average Bonchev–Trinajstić information content (AvgIpc) is 2.42. The average molecular weight is 262 g/mol. The van der Waals surface area contributed by atoms with Crippen molar-refractivity contribution in [3.05, 3.63) is 29.3 Å². The number of carbonyl (C=O) groups excluding carboxylic acids is 1. The minimum atomic E-state index is 0.0381. The Hall–Kier alpha value is -1.55. The Bertz CT molecular complexity index is 451. The van der Waals surface area contributed by atoms with E-state index in [0.29, 0.717) is 17.4 Å². The number of likely N-dealkylation sites (tertiary alicyclic amines) is 1. The molecule has 2 N–H and O–H groups in total. The second kappa shape index (κ2) is 6.06. The number of aryl methyl sites for hydroxylation is 1. The summed E-state index contributed by atoms with van der Waals surface area (Å²) >= 11 is 0. The summed E-state index contributed by atoms with van der Waals surface area (Å²) in [5, 5.41) is 0. The van der Waals surface area contributed by atoms with Gasteiger partial charge in [0, 0.05) is 25.4 Å². The summed E-state index contributed by atoms with van der Waals surface area (Å²) in [6.07, 6.45) is 2.11. The first-order valence-corrected chi connectivity index (χ1v) is 6.88. The van der Waals surface area contributed by atoms with Crippen molar-refractivity contribution in [2.45, 2.75) is 32.8 Å². The van der Waals surface area contributed by atoms with Gasteiger partial charge in [0.2, 0.25) is 0 Å². The van der Waals surface area contributed by atoms with E-state index in [1.165, 1.54) is 0 Å². The van der Waals surface area contributed by atoms with Crippen LogP contribution >= 0.6 is 0 Å². The van der Waals surface area contributed by atoms with Crippen molar-refractivity contribution in [2.24, 2.45) is 0 Å². The summed E-state index contributed by atoms with van der Waals surface area (Å²) in [4.78, 5) is 14.3. The summed E-state index contributed by atoms with van der Waals surface area (Å²) in [6, 6.07) is 5.59. The molecule has 1 aromatic rings. The lowest BCUT2D eigenvalue weighted by Gasteiger charge is -2.32. The van der Waals surface area contributed by atoms with Crippen LogP contribution in [0.15, 0.2) is 18.2 Å². The number of benzene rings is 1. The molecule has 104 valence electrons. The highest BCUT2D eigenvalue weighted by Crippen LogP contribution is 2.20. The van der Waals surface area contributed by atoms with Gasteiger partial charge in [0.15, 0.2) is 0 Å². The summed E-state index contributed by atoms with van der Waals surface area (Å²) in [6.45, 7) is 6.21. The predicted octanol–water partition coefficient (Wildman–Crippen LogP) is 2.22. The number of carbonyl (C=O) groups is 1. The summed E-state index contributed by atoms with van der Waals surface area (Å²) in [7, 11) is 0. The van der Waals surface area contributed by atoms with E-state index in [0.717, 1.165) is 38.1 Å². The molecule has 0 aliphatic carbocycles. The van der Waals surface area contributed by atoms with E-state index in [1.807, 2.05) is 30.9 Å². The van der Waals surface area contributed by atoms with Crippen molar-refractivity contribution in [1.29, 1.82) is 0 Å². The topological polar surface area (TPSA) is 55.6 Å². The SMILES string of the molecule is CCOC1CCN(C(=O)c2cc(C)ccc2N)CC1. The molecule has 1 aliphatic heterocycles. The van der Waals surface area contributed by atoms with Gasteiger partial charge in [-0.2, -0.15) is 0 Å². The zero-order chi connectivity index (χ0) is 13.8. The molecule has 1 aromatic carbocycles. The summed E-state index contributed by atoms with van der Waals surface area (Å²) in [5.74, 6) is 0.0381. The number of nitrogens with two attached hydrogens (primary N) is 1. The third kappa shape index (κ3) is 3.26. The molecule has 2 rings (SSSR count). The fourth-order valence-corrected chi connectivity index (χ4v) is 2.49. The van der Waals surface area contributed by atoms with Gasteiger partial charge in [0.05, 0.1) is 11.7 Å². The molecule has 1 heterocycles. The van der Waals surface area contributed by atoms with Gasteiger partial charge >= 0.3 is 0 Å². The number of hydrogen-bond donors (Lipinski definition) is 1. The van der Waals surface area contributed by atoms with E-state index in [9.17, 15) is 4.79 Å². The van der Waals surface area contributed by atoms with Crippen molar-refractivity contribution in [3.63, 3.8) is 0 Å². The molecular weight excluding hydrogens is 240 g/mol. The highest BCUT2D eigenvalue weighted by Gasteiger charge is 2.24. The Balaban J connectivity index is 2.03. The fraction of sp³-hybridized carbons (Fsp3) is 0.533. The van der Waals surface area contributed by atoms with Crippen molar-refractivity contribution in [2.75, 3.05) is 25.4 Å². The highest BCUT2D eigenvalue weighted by atomic mass is 16.5. The first-order valence-electron chi connectivity index (χ1n) is 6.88. The fourth-order valence-electron chi connectivity index (χ4n) is 2.49. The van der Waals surface area contributed by atoms with E-state index in [4.69, 9.17) is 10.5 Å². The Morgan fingerprint density at radius 1 is 1.42 bits per heavy atom. The third-order valence-electron chi connectivity index (χ3n) is 3.57. The first-order chi connectivity index (χ1) is 9.11. The maximum absolute atomic E-state index is 12.4. The Labute approximate surface area is 114 Å². The molecule has 0 aromatic heterocycles. The minimum absolute atomic E-state index is 0.0381. The smallest absolute Gasteiger partial charge is 0.255 e. The maximum atomic E-state index is 12.4. The number of amides is 1. The van der Waals surface area contributed by atoms with Crippen LogP contribution in [0.25, 0.3) is 0 Å². The molecule has 0 bridgehead atoms. The number of rotatable bonds is 3. The van der Waals surface area contributed by atoms with Gasteiger partial charge in [-0.05, 0) is 38.8 Å². The van der Waals surface area contributed by atoms with E-state index >= 15 is 0 Å². The molecule has 4 heteroatoms. The van der Waals surface area contributed by atoms with Crippen LogP contribution in [0.3, 0.4) is 0 Å². The van der Waals surface area contributed by atoms with Crippen LogP contribution in [-0.4, -0.2) is 36.6 Å². The molecule has 1 fully saturated rings. The van der Waals surface area contributed by atoms with Crippen LogP contribution < -0.4 is 5.73 Å². The highest BCUT2D eigenvalue weighted by molar-refractivity contribution is 5.99. The number of ether oxygens (including phenoxy) is 1. The molecule has 0 saturated carbocycles. The zero-order valence-electron chi connectivity index (χ0n) is 11.7. The van der Waals surface area contributed by atoms with Crippen molar-refractivity contribution < 1.29 is 9.53 Å². The quantitative estimate of drug-likeness (QED) is 0.850. The minimum Gasteiger partial charge on any atom is -0.398 e. The molecule has 0 unspecified atom stereocenters. The number of nitrogen functional groups attached to an aromatic ring is 1. The molecule has 0 atom stereocenters. The molecule has 1 aliphatic rings.